The third-order valence-electron chi connectivity index (χ3n) is 5.91. The average molecular weight is 331 g/mol. The maximum atomic E-state index is 13.0. The van der Waals surface area contributed by atoms with Gasteiger partial charge >= 0.3 is 0 Å². The summed E-state index contributed by atoms with van der Waals surface area (Å²) >= 11 is 0. The summed E-state index contributed by atoms with van der Waals surface area (Å²) in [5.41, 5.74) is 1.75. The SMILES string of the molecule is CN(C)c1cccc(C(=O)N2CC[C@@]3(CO)CCCN(C)[C@@H]3C2)c1. The van der Waals surface area contributed by atoms with Gasteiger partial charge < -0.3 is 19.8 Å². The largest absolute Gasteiger partial charge is 0.396 e. The Morgan fingerprint density at radius 2 is 2.12 bits per heavy atom. The van der Waals surface area contributed by atoms with Crippen molar-refractivity contribution in [2.24, 2.45) is 5.41 Å². The first-order chi connectivity index (χ1) is 11.5. The van der Waals surface area contributed by atoms with Crippen LogP contribution in [0.1, 0.15) is 29.6 Å². The molecule has 0 aromatic heterocycles. The lowest BCUT2D eigenvalue weighted by Crippen LogP contribution is -2.62. The highest BCUT2D eigenvalue weighted by Gasteiger charge is 2.47. The molecule has 2 heterocycles. The molecule has 5 nitrogen and oxygen atoms in total. The van der Waals surface area contributed by atoms with Crippen LogP contribution in [0.2, 0.25) is 0 Å². The van der Waals surface area contributed by atoms with Gasteiger partial charge in [-0.15, -0.1) is 0 Å². The molecular formula is C19H29N3O2. The summed E-state index contributed by atoms with van der Waals surface area (Å²) in [6, 6.07) is 8.07. The summed E-state index contributed by atoms with van der Waals surface area (Å²) in [5, 5.41) is 10.00. The number of rotatable bonds is 3. The number of benzene rings is 1. The van der Waals surface area contributed by atoms with Crippen molar-refractivity contribution in [3.63, 3.8) is 0 Å². The fourth-order valence-corrected chi connectivity index (χ4v) is 4.30. The fraction of sp³-hybridized carbons (Fsp3) is 0.632. The molecule has 1 aromatic rings. The van der Waals surface area contributed by atoms with E-state index in [0.29, 0.717) is 6.54 Å². The van der Waals surface area contributed by atoms with Crippen LogP contribution in [0.4, 0.5) is 5.69 Å². The number of fused-ring (bicyclic) bond motifs is 1. The predicted molar refractivity (Wildman–Crippen MR) is 96.5 cm³/mol. The topological polar surface area (TPSA) is 47.0 Å². The van der Waals surface area contributed by atoms with Crippen LogP contribution in [0.3, 0.4) is 0 Å². The number of aliphatic hydroxyl groups excluding tert-OH is 1. The Labute approximate surface area is 144 Å². The van der Waals surface area contributed by atoms with E-state index in [9.17, 15) is 9.90 Å². The number of nitrogens with zero attached hydrogens (tertiary/aromatic N) is 3. The molecular weight excluding hydrogens is 302 g/mol. The molecule has 2 aliphatic heterocycles. The Hall–Kier alpha value is -1.59. The van der Waals surface area contributed by atoms with E-state index in [2.05, 4.69) is 11.9 Å². The van der Waals surface area contributed by atoms with Crippen LogP contribution in [0.25, 0.3) is 0 Å². The predicted octanol–water partition coefficient (Wildman–Crippen LogP) is 1.67. The maximum absolute atomic E-state index is 13.0. The lowest BCUT2D eigenvalue weighted by Gasteiger charge is -2.53. The van der Waals surface area contributed by atoms with Crippen LogP contribution >= 0.6 is 0 Å². The molecule has 1 aromatic carbocycles. The smallest absolute Gasteiger partial charge is 0.253 e. The van der Waals surface area contributed by atoms with Gasteiger partial charge in [-0.1, -0.05) is 6.07 Å². The molecule has 2 atom stereocenters. The van der Waals surface area contributed by atoms with E-state index >= 15 is 0 Å². The van der Waals surface area contributed by atoms with Crippen molar-refractivity contribution in [1.82, 2.24) is 9.80 Å². The highest BCUT2D eigenvalue weighted by molar-refractivity contribution is 5.95. The first kappa shape index (κ1) is 17.2. The average Bonchev–Trinajstić information content (AvgIpc) is 2.61. The van der Waals surface area contributed by atoms with Crippen molar-refractivity contribution in [2.75, 3.05) is 52.3 Å². The minimum Gasteiger partial charge on any atom is -0.396 e. The summed E-state index contributed by atoms with van der Waals surface area (Å²) in [6.45, 7) is 2.71. The van der Waals surface area contributed by atoms with E-state index < -0.39 is 0 Å². The Balaban J connectivity index is 1.79. The molecule has 2 saturated heterocycles. The number of anilines is 1. The van der Waals surface area contributed by atoms with Crippen LogP contribution in [0, 0.1) is 5.41 Å². The van der Waals surface area contributed by atoms with Crippen LogP contribution in [-0.4, -0.2) is 74.2 Å². The molecule has 0 spiro atoms. The van der Waals surface area contributed by atoms with Gasteiger partial charge in [-0.05, 0) is 51.1 Å². The molecule has 5 heteroatoms. The molecule has 0 radical (unpaired) electrons. The molecule has 2 fully saturated rings. The Bertz CT molecular complexity index is 604. The molecule has 1 amide bonds. The first-order valence-corrected chi connectivity index (χ1v) is 8.85. The van der Waals surface area contributed by atoms with Gasteiger partial charge in [-0.3, -0.25) is 4.79 Å². The quantitative estimate of drug-likeness (QED) is 0.915. The monoisotopic (exact) mass is 331 g/mol. The van der Waals surface area contributed by atoms with Crippen LogP contribution in [0.5, 0.6) is 0 Å². The fourth-order valence-electron chi connectivity index (χ4n) is 4.30. The first-order valence-electron chi connectivity index (χ1n) is 8.85. The van der Waals surface area contributed by atoms with Gasteiger partial charge in [0.15, 0.2) is 0 Å². The van der Waals surface area contributed by atoms with Crippen LogP contribution in [0.15, 0.2) is 24.3 Å². The molecule has 132 valence electrons. The minimum atomic E-state index is -0.0325. The van der Waals surface area contributed by atoms with Gasteiger partial charge in [-0.25, -0.2) is 0 Å². The van der Waals surface area contributed by atoms with Gasteiger partial charge in [0.2, 0.25) is 0 Å². The zero-order valence-electron chi connectivity index (χ0n) is 15.0. The summed E-state index contributed by atoms with van der Waals surface area (Å²) in [4.78, 5) is 19.3. The van der Waals surface area contributed by atoms with Crippen LogP contribution < -0.4 is 4.90 Å². The zero-order valence-corrected chi connectivity index (χ0v) is 15.0. The number of carbonyl (C=O) groups excluding carboxylic acids is 1. The van der Waals surface area contributed by atoms with Crippen molar-refractivity contribution in [3.8, 4) is 0 Å². The Kier molecular flexibility index (Phi) is 4.83. The van der Waals surface area contributed by atoms with Gasteiger partial charge in [0.05, 0.1) is 6.61 Å². The number of hydrogen-bond donors (Lipinski definition) is 1. The second kappa shape index (κ2) is 6.73. The van der Waals surface area contributed by atoms with E-state index in [-0.39, 0.29) is 24.0 Å². The number of aliphatic hydroxyl groups is 1. The van der Waals surface area contributed by atoms with E-state index in [0.717, 1.165) is 43.6 Å². The number of piperidine rings is 2. The lowest BCUT2D eigenvalue weighted by atomic mass is 9.69. The second-order valence-corrected chi connectivity index (χ2v) is 7.57. The molecule has 0 aliphatic carbocycles. The van der Waals surface area contributed by atoms with E-state index in [1.807, 2.05) is 48.2 Å². The van der Waals surface area contributed by atoms with Gasteiger partial charge in [-0.2, -0.15) is 0 Å². The highest BCUT2D eigenvalue weighted by atomic mass is 16.3. The van der Waals surface area contributed by atoms with Gasteiger partial charge in [0, 0.05) is 49.9 Å². The Morgan fingerprint density at radius 3 is 2.83 bits per heavy atom. The number of likely N-dealkylation sites (tertiary alicyclic amines) is 2. The normalized spacial score (nSPS) is 27.7. The number of likely N-dealkylation sites (N-methyl/N-ethyl adjacent to an activating group) is 1. The Morgan fingerprint density at radius 1 is 1.33 bits per heavy atom. The molecule has 2 aliphatic rings. The number of hydrogen-bond acceptors (Lipinski definition) is 4. The third-order valence-corrected chi connectivity index (χ3v) is 5.91. The molecule has 1 N–H and O–H groups in total. The zero-order chi connectivity index (χ0) is 17.3. The molecule has 0 saturated carbocycles. The van der Waals surface area contributed by atoms with Crippen molar-refractivity contribution in [1.29, 1.82) is 0 Å². The summed E-state index contributed by atoms with van der Waals surface area (Å²) in [6.07, 6.45) is 3.08. The minimum absolute atomic E-state index is 0.0325. The molecule has 3 rings (SSSR count). The summed E-state index contributed by atoms with van der Waals surface area (Å²) < 4.78 is 0. The van der Waals surface area contributed by atoms with Crippen LogP contribution in [-0.2, 0) is 0 Å². The number of carbonyl (C=O) groups is 1. The van der Waals surface area contributed by atoms with Gasteiger partial charge in [0.25, 0.3) is 5.91 Å². The molecule has 0 unspecified atom stereocenters. The van der Waals surface area contributed by atoms with Gasteiger partial charge in [0.1, 0.15) is 0 Å². The van der Waals surface area contributed by atoms with E-state index in [4.69, 9.17) is 0 Å². The number of amides is 1. The second-order valence-electron chi connectivity index (χ2n) is 7.57. The van der Waals surface area contributed by atoms with E-state index in [1.54, 1.807) is 0 Å². The summed E-state index contributed by atoms with van der Waals surface area (Å²) in [5.74, 6) is 0.101. The van der Waals surface area contributed by atoms with Crippen molar-refractivity contribution in [2.45, 2.75) is 25.3 Å². The maximum Gasteiger partial charge on any atom is 0.253 e. The van der Waals surface area contributed by atoms with E-state index in [1.165, 1.54) is 0 Å². The lowest BCUT2D eigenvalue weighted by molar-refractivity contribution is -0.0601. The molecule has 0 bridgehead atoms. The van der Waals surface area contributed by atoms with Crippen molar-refractivity contribution in [3.05, 3.63) is 29.8 Å². The summed E-state index contributed by atoms with van der Waals surface area (Å²) in [7, 11) is 6.09. The third kappa shape index (κ3) is 3.03. The standard InChI is InChI=1S/C19H29N3O2/c1-20(2)16-7-4-6-15(12-16)18(24)22-11-9-19(14-23)8-5-10-21(3)17(19)13-22/h4,6-7,12,17,23H,5,8-11,13-14H2,1-3H3/t17-,19-/m1/s1. The van der Waals surface area contributed by atoms with Crippen molar-refractivity contribution < 1.29 is 9.90 Å². The highest BCUT2D eigenvalue weighted by Crippen LogP contribution is 2.41. The molecule has 24 heavy (non-hydrogen) atoms. The van der Waals surface area contributed by atoms with Crippen molar-refractivity contribution >= 4 is 11.6 Å².